The number of fused-ring (bicyclic) bond motifs is 1. The number of pyridine rings is 2. The van der Waals surface area contributed by atoms with Gasteiger partial charge in [-0.05, 0) is 48.1 Å². The minimum atomic E-state index is -0.632. The Morgan fingerprint density at radius 3 is 2.53 bits per heavy atom. The summed E-state index contributed by atoms with van der Waals surface area (Å²) in [6, 6.07) is 16.9. The Kier molecular flexibility index (Phi) is 7.20. The van der Waals surface area contributed by atoms with Gasteiger partial charge in [-0.15, -0.1) is 11.3 Å². The van der Waals surface area contributed by atoms with Crippen LogP contribution in [0.4, 0.5) is 14.5 Å². The quantitative estimate of drug-likeness (QED) is 0.145. The molecule has 7 nitrogen and oxygen atoms in total. The summed E-state index contributed by atoms with van der Waals surface area (Å²) in [6.07, 6.45) is 4.65. The second-order valence-electron chi connectivity index (χ2n) is 8.15. The molecule has 0 saturated heterocycles. The van der Waals surface area contributed by atoms with Gasteiger partial charge in [-0.25, -0.2) is 8.78 Å². The van der Waals surface area contributed by atoms with Crippen molar-refractivity contribution < 1.29 is 28.2 Å². The third-order valence-electron chi connectivity index (χ3n) is 5.41. The van der Waals surface area contributed by atoms with E-state index < -0.39 is 11.7 Å². The van der Waals surface area contributed by atoms with Crippen LogP contribution in [0, 0.1) is 11.6 Å². The summed E-state index contributed by atoms with van der Waals surface area (Å²) in [6.45, 7) is 0. The van der Waals surface area contributed by atoms with E-state index >= 15 is 0 Å². The highest BCUT2D eigenvalue weighted by atomic mass is 32.1. The first kappa shape index (κ1) is 25.2. The summed E-state index contributed by atoms with van der Waals surface area (Å²) < 4.78 is 35.5. The molecule has 0 atom stereocenters. The topological polar surface area (TPSA) is 87.4 Å². The normalized spacial score (nSPS) is 10.8. The maximum Gasteiger partial charge on any atom is 0.230 e. The Morgan fingerprint density at radius 2 is 1.79 bits per heavy atom. The summed E-state index contributed by atoms with van der Waals surface area (Å²) in [5, 5.41) is 14.7. The summed E-state index contributed by atoms with van der Waals surface area (Å²) >= 11 is 6.59. The lowest BCUT2D eigenvalue weighted by atomic mass is 10.1. The average molecular weight is 550 g/mol. The van der Waals surface area contributed by atoms with E-state index in [-0.39, 0.29) is 23.1 Å². The number of halogens is 2. The second kappa shape index (κ2) is 10.9. The molecule has 0 aliphatic carbocycles. The van der Waals surface area contributed by atoms with Crippen molar-refractivity contribution in [3.05, 3.63) is 103 Å². The molecule has 0 fully saturated rings. The Balaban J connectivity index is 1.25. The van der Waals surface area contributed by atoms with E-state index in [1.807, 2.05) is 6.07 Å². The van der Waals surface area contributed by atoms with Crippen LogP contribution in [0.5, 0.6) is 11.5 Å². The van der Waals surface area contributed by atoms with E-state index in [9.17, 15) is 18.8 Å². The monoisotopic (exact) mass is 549 g/mol. The molecular formula is C27H19F2N4O3S2+. The van der Waals surface area contributed by atoms with E-state index in [1.165, 1.54) is 60.1 Å². The van der Waals surface area contributed by atoms with E-state index in [4.69, 9.17) is 17.0 Å². The van der Waals surface area contributed by atoms with Crippen molar-refractivity contribution in [2.75, 3.05) is 5.32 Å². The average Bonchev–Trinajstić information content (AvgIpc) is 3.33. The molecule has 3 heterocycles. The van der Waals surface area contributed by atoms with Crippen LogP contribution in [0.2, 0.25) is 0 Å². The van der Waals surface area contributed by atoms with E-state index in [0.717, 1.165) is 19.9 Å². The first-order chi connectivity index (χ1) is 18.3. The molecule has 0 spiro atoms. The number of benzene rings is 2. The zero-order valence-corrected chi connectivity index (χ0v) is 21.2. The fraction of sp³-hybridized carbons (Fsp3) is 0.0370. The Hall–Kier alpha value is -4.48. The summed E-state index contributed by atoms with van der Waals surface area (Å²) in [5.41, 5.74) is 2.55. The molecular weight excluding hydrogens is 530 g/mol. The van der Waals surface area contributed by atoms with E-state index in [2.05, 4.69) is 15.6 Å². The van der Waals surface area contributed by atoms with Crippen molar-refractivity contribution >= 4 is 50.5 Å². The van der Waals surface area contributed by atoms with Crippen LogP contribution < -0.4 is 20.1 Å². The first-order valence-corrected chi connectivity index (χ1v) is 12.5. The number of thiophene rings is 1. The van der Waals surface area contributed by atoms with Crippen LogP contribution >= 0.6 is 23.6 Å². The lowest BCUT2D eigenvalue weighted by Gasteiger charge is -2.12. The number of ether oxygens (including phenoxy) is 1. The van der Waals surface area contributed by atoms with E-state index in [1.54, 1.807) is 30.5 Å². The van der Waals surface area contributed by atoms with Crippen LogP contribution in [0.3, 0.4) is 0 Å². The van der Waals surface area contributed by atoms with Crippen LogP contribution in [-0.2, 0) is 11.2 Å². The van der Waals surface area contributed by atoms with Gasteiger partial charge in [-0.3, -0.25) is 15.0 Å². The molecule has 2 aromatic carbocycles. The lowest BCUT2D eigenvalue weighted by molar-refractivity contribution is -0.904. The van der Waals surface area contributed by atoms with Gasteiger partial charge in [-0.1, -0.05) is 12.1 Å². The standard InChI is InChI=1S/C27H18F2N4O3S2/c28-18-3-1-16(2-4-18)13-25(34)32-27(37)31-19-5-6-22(20(29)14-19)36-23-7-10-30-21-15-24(38-26(21)23)17-8-11-33(35)12-9-17/h1-12,14-15H,13H2,(H2-,30,31,32,34,35,37)/p+1. The Bertz CT molecular complexity index is 1640. The number of hydrogen-bond donors (Lipinski definition) is 3. The van der Waals surface area contributed by atoms with Gasteiger partial charge < -0.3 is 15.4 Å². The van der Waals surface area contributed by atoms with Gasteiger partial charge >= 0.3 is 0 Å². The molecule has 0 radical (unpaired) electrons. The molecule has 0 aliphatic rings. The van der Waals surface area contributed by atoms with Crippen LogP contribution in [0.15, 0.2) is 85.3 Å². The van der Waals surface area contributed by atoms with Gasteiger partial charge in [0, 0.05) is 51.3 Å². The molecule has 11 heteroatoms. The number of carbonyl (C=O) groups is 1. The van der Waals surface area contributed by atoms with Crippen LogP contribution in [0.25, 0.3) is 20.7 Å². The Labute approximate surface area is 224 Å². The van der Waals surface area contributed by atoms with Gasteiger partial charge in [0.2, 0.25) is 18.3 Å². The molecule has 38 heavy (non-hydrogen) atoms. The molecule has 5 aromatic rings. The van der Waals surface area contributed by atoms with Gasteiger partial charge in [0.05, 0.1) is 16.6 Å². The zero-order chi connectivity index (χ0) is 26.6. The minimum absolute atomic E-state index is 0.000215. The largest absolute Gasteiger partial charge is 0.453 e. The van der Waals surface area contributed by atoms with Gasteiger partial charge in [-0.2, -0.15) is 0 Å². The SMILES string of the molecule is O=C(Cc1ccc(F)cc1)NC(=S)Nc1ccc(Oc2ccnc3cc(-c4cc[n+](O)cc4)sc23)c(F)c1. The Morgan fingerprint density at radius 1 is 1.03 bits per heavy atom. The number of nitrogens with zero attached hydrogens (tertiary/aromatic N) is 2. The van der Waals surface area contributed by atoms with Crippen molar-refractivity contribution in [1.29, 1.82) is 0 Å². The van der Waals surface area contributed by atoms with Crippen molar-refractivity contribution in [2.45, 2.75) is 6.42 Å². The highest BCUT2D eigenvalue weighted by Crippen LogP contribution is 2.39. The van der Waals surface area contributed by atoms with Crippen molar-refractivity contribution in [3.8, 4) is 21.9 Å². The number of amides is 1. The lowest BCUT2D eigenvalue weighted by Crippen LogP contribution is -2.35. The second-order valence-corrected chi connectivity index (χ2v) is 9.61. The molecule has 0 saturated carbocycles. The number of nitrogens with one attached hydrogen (secondary N) is 2. The third-order valence-corrected chi connectivity index (χ3v) is 6.81. The molecule has 190 valence electrons. The van der Waals surface area contributed by atoms with Gasteiger partial charge in [0.1, 0.15) is 11.6 Å². The summed E-state index contributed by atoms with van der Waals surface area (Å²) in [7, 11) is 0. The summed E-state index contributed by atoms with van der Waals surface area (Å²) in [4.78, 5) is 17.5. The van der Waals surface area contributed by atoms with Gasteiger partial charge in [0.15, 0.2) is 16.7 Å². The molecule has 5 rings (SSSR count). The van der Waals surface area contributed by atoms with Gasteiger partial charge in [0.25, 0.3) is 0 Å². The number of anilines is 1. The number of aromatic nitrogens is 2. The fourth-order valence-electron chi connectivity index (χ4n) is 3.62. The van der Waals surface area contributed by atoms with Crippen molar-refractivity contribution in [3.63, 3.8) is 0 Å². The first-order valence-electron chi connectivity index (χ1n) is 11.3. The molecule has 0 unspecified atom stereocenters. The molecule has 0 bridgehead atoms. The highest BCUT2D eigenvalue weighted by molar-refractivity contribution is 7.80. The summed E-state index contributed by atoms with van der Waals surface area (Å²) in [5.74, 6) is -0.958. The molecule has 3 N–H and O–H groups in total. The molecule has 3 aromatic heterocycles. The number of carbonyl (C=O) groups excluding carboxylic acids is 1. The van der Waals surface area contributed by atoms with Crippen LogP contribution in [0.1, 0.15) is 5.56 Å². The van der Waals surface area contributed by atoms with Crippen LogP contribution in [-0.4, -0.2) is 21.2 Å². The fourth-order valence-corrected chi connectivity index (χ4v) is 4.92. The van der Waals surface area contributed by atoms with Crippen molar-refractivity contribution in [1.82, 2.24) is 10.3 Å². The number of thiocarbonyl (C=S) groups is 1. The maximum atomic E-state index is 14.9. The maximum absolute atomic E-state index is 14.9. The minimum Gasteiger partial charge on any atom is -0.453 e. The predicted octanol–water partition coefficient (Wildman–Crippen LogP) is 5.61. The predicted molar refractivity (Wildman–Crippen MR) is 143 cm³/mol. The molecule has 0 aliphatic heterocycles. The van der Waals surface area contributed by atoms with E-state index in [0.29, 0.717) is 22.5 Å². The molecule has 1 amide bonds. The van der Waals surface area contributed by atoms with Crippen molar-refractivity contribution in [2.24, 2.45) is 0 Å². The smallest absolute Gasteiger partial charge is 0.230 e. The highest BCUT2D eigenvalue weighted by Gasteiger charge is 2.14. The zero-order valence-electron chi connectivity index (χ0n) is 19.5. The number of rotatable bonds is 6. The third kappa shape index (κ3) is 5.90. The number of hydrogen-bond acceptors (Lipinski definition) is 6.